The normalized spacial score (nSPS) is 19.8. The molecule has 0 aromatic rings. The van der Waals surface area contributed by atoms with Gasteiger partial charge in [-0.25, -0.2) is 0 Å². The highest BCUT2D eigenvalue weighted by Gasteiger charge is 1.92. The number of nitrogens with one attached hydrogen (secondary N) is 1. The molecule has 0 radical (unpaired) electrons. The lowest BCUT2D eigenvalue weighted by molar-refractivity contribution is 0.843. The van der Waals surface area contributed by atoms with Crippen molar-refractivity contribution in [3.05, 3.63) is 24.4 Å². The molecular formula is C7H11N. The fourth-order valence-corrected chi connectivity index (χ4v) is 0.750. The van der Waals surface area contributed by atoms with Crippen LogP contribution in [0.1, 0.15) is 12.8 Å². The summed E-state index contributed by atoms with van der Waals surface area (Å²) in [6.45, 7) is 4.78. The summed E-state index contributed by atoms with van der Waals surface area (Å²) in [7, 11) is 0. The largest absolute Gasteiger partial charge is 0.385 e. The van der Waals surface area contributed by atoms with Gasteiger partial charge in [-0.05, 0) is 12.8 Å². The molecule has 0 amide bonds. The van der Waals surface area contributed by atoms with Gasteiger partial charge in [-0.2, -0.15) is 0 Å². The average molecular weight is 109 g/mol. The highest BCUT2D eigenvalue weighted by Crippen LogP contribution is 2.01. The maximum atomic E-state index is 3.82. The predicted molar refractivity (Wildman–Crippen MR) is 35.5 cm³/mol. The Morgan fingerprint density at radius 1 is 1.50 bits per heavy atom. The summed E-state index contributed by atoms with van der Waals surface area (Å²) in [5.41, 5.74) is 1.16. The summed E-state index contributed by atoms with van der Waals surface area (Å²) in [6.07, 6.45) is 6.56. The molecule has 0 bridgehead atoms. The van der Waals surface area contributed by atoms with E-state index in [9.17, 15) is 0 Å². The Balaban J connectivity index is 2.39. The fraction of sp³-hybridized carbons (Fsp3) is 0.429. The quantitative estimate of drug-likeness (QED) is 0.464. The van der Waals surface area contributed by atoms with Crippen LogP contribution in [0.2, 0.25) is 0 Å². The van der Waals surface area contributed by atoms with E-state index in [0.29, 0.717) is 0 Å². The second kappa shape index (κ2) is 2.55. The molecule has 44 valence electrons. The van der Waals surface area contributed by atoms with Crippen LogP contribution in [0.5, 0.6) is 0 Å². The Morgan fingerprint density at radius 2 is 2.38 bits per heavy atom. The van der Waals surface area contributed by atoms with E-state index in [1.807, 2.05) is 0 Å². The molecule has 0 fully saturated rings. The summed E-state index contributed by atoms with van der Waals surface area (Å²) in [6, 6.07) is 0. The van der Waals surface area contributed by atoms with Crippen molar-refractivity contribution < 1.29 is 0 Å². The first-order valence-corrected chi connectivity index (χ1v) is 2.96. The minimum atomic E-state index is 0.957. The summed E-state index contributed by atoms with van der Waals surface area (Å²) in [5, 5.41) is 3.16. The number of allylic oxidation sites excluding steroid dienone is 2. The third-order valence-electron chi connectivity index (χ3n) is 1.25. The molecule has 0 aromatic carbocycles. The van der Waals surface area contributed by atoms with Crippen LogP contribution < -0.4 is 5.32 Å². The molecule has 0 saturated carbocycles. The van der Waals surface area contributed by atoms with Gasteiger partial charge < -0.3 is 5.32 Å². The summed E-state index contributed by atoms with van der Waals surface area (Å²) < 4.78 is 0. The van der Waals surface area contributed by atoms with E-state index in [-0.39, 0.29) is 0 Å². The van der Waals surface area contributed by atoms with Crippen LogP contribution >= 0.6 is 0 Å². The van der Waals surface area contributed by atoms with Crippen LogP contribution in [0.3, 0.4) is 0 Å². The van der Waals surface area contributed by atoms with Gasteiger partial charge in [0.25, 0.3) is 0 Å². The first kappa shape index (κ1) is 5.42. The standard InChI is InChI=1S/C7H11N/c1-7-5-3-2-4-6-8-7/h2,4,8H,1,3,5-6H2. The van der Waals surface area contributed by atoms with Gasteiger partial charge in [0, 0.05) is 12.2 Å². The van der Waals surface area contributed by atoms with E-state index in [2.05, 4.69) is 24.0 Å². The highest BCUT2D eigenvalue weighted by molar-refractivity contribution is 5.01. The Bertz CT molecular complexity index is 102. The summed E-state index contributed by atoms with van der Waals surface area (Å²) in [5.74, 6) is 0. The predicted octanol–water partition coefficient (Wildman–Crippen LogP) is 1.44. The summed E-state index contributed by atoms with van der Waals surface area (Å²) >= 11 is 0. The molecule has 0 spiro atoms. The zero-order valence-electron chi connectivity index (χ0n) is 4.98. The molecule has 0 atom stereocenters. The van der Waals surface area contributed by atoms with Gasteiger partial charge in [-0.3, -0.25) is 0 Å². The van der Waals surface area contributed by atoms with E-state index in [1.165, 1.54) is 0 Å². The van der Waals surface area contributed by atoms with Crippen LogP contribution in [0.25, 0.3) is 0 Å². The smallest absolute Gasteiger partial charge is 0.0327 e. The van der Waals surface area contributed by atoms with Crippen molar-refractivity contribution in [3.63, 3.8) is 0 Å². The second-order valence-corrected chi connectivity index (χ2v) is 1.99. The number of rotatable bonds is 0. The van der Waals surface area contributed by atoms with E-state index < -0.39 is 0 Å². The van der Waals surface area contributed by atoms with Gasteiger partial charge in [0.05, 0.1) is 0 Å². The first-order valence-electron chi connectivity index (χ1n) is 2.96. The Morgan fingerprint density at radius 3 is 3.25 bits per heavy atom. The molecule has 1 aliphatic heterocycles. The van der Waals surface area contributed by atoms with E-state index in [4.69, 9.17) is 0 Å². The SMILES string of the molecule is C=C1CCC=CCN1. The molecule has 1 heterocycles. The maximum absolute atomic E-state index is 3.82. The minimum absolute atomic E-state index is 0.957. The fourth-order valence-electron chi connectivity index (χ4n) is 0.750. The zero-order chi connectivity index (χ0) is 5.82. The van der Waals surface area contributed by atoms with Crippen LogP contribution in [0.4, 0.5) is 0 Å². The molecular weight excluding hydrogens is 98.1 g/mol. The molecule has 1 heteroatoms. The van der Waals surface area contributed by atoms with Crippen molar-refractivity contribution >= 4 is 0 Å². The number of hydrogen-bond acceptors (Lipinski definition) is 1. The van der Waals surface area contributed by atoms with Crippen molar-refractivity contribution in [1.82, 2.24) is 5.32 Å². The van der Waals surface area contributed by atoms with Gasteiger partial charge in [0.2, 0.25) is 0 Å². The second-order valence-electron chi connectivity index (χ2n) is 1.99. The van der Waals surface area contributed by atoms with Crippen molar-refractivity contribution in [2.75, 3.05) is 6.54 Å². The topological polar surface area (TPSA) is 12.0 Å². The average Bonchev–Trinajstić information content (AvgIpc) is 1.94. The van der Waals surface area contributed by atoms with Crippen LogP contribution in [0, 0.1) is 0 Å². The van der Waals surface area contributed by atoms with Crippen LogP contribution in [0.15, 0.2) is 24.4 Å². The molecule has 8 heavy (non-hydrogen) atoms. The van der Waals surface area contributed by atoms with E-state index in [0.717, 1.165) is 25.1 Å². The third kappa shape index (κ3) is 1.41. The van der Waals surface area contributed by atoms with Gasteiger partial charge in [0.1, 0.15) is 0 Å². The van der Waals surface area contributed by atoms with Crippen LogP contribution in [-0.2, 0) is 0 Å². The molecule has 1 aliphatic rings. The van der Waals surface area contributed by atoms with Crippen molar-refractivity contribution in [2.45, 2.75) is 12.8 Å². The molecule has 0 saturated heterocycles. The van der Waals surface area contributed by atoms with Crippen molar-refractivity contribution in [3.8, 4) is 0 Å². The Hall–Kier alpha value is -0.720. The van der Waals surface area contributed by atoms with Crippen molar-refractivity contribution in [2.24, 2.45) is 0 Å². The minimum Gasteiger partial charge on any atom is -0.385 e. The van der Waals surface area contributed by atoms with Crippen LogP contribution in [-0.4, -0.2) is 6.54 Å². The lowest BCUT2D eigenvalue weighted by Gasteiger charge is -2.00. The van der Waals surface area contributed by atoms with E-state index >= 15 is 0 Å². The van der Waals surface area contributed by atoms with Crippen molar-refractivity contribution in [1.29, 1.82) is 0 Å². The first-order chi connectivity index (χ1) is 3.89. The number of hydrogen-bond donors (Lipinski definition) is 1. The third-order valence-corrected chi connectivity index (χ3v) is 1.25. The Kier molecular flexibility index (Phi) is 1.73. The maximum Gasteiger partial charge on any atom is 0.0327 e. The summed E-state index contributed by atoms with van der Waals surface area (Å²) in [4.78, 5) is 0. The lowest BCUT2D eigenvalue weighted by Crippen LogP contribution is -2.09. The molecule has 1 rings (SSSR count). The molecule has 0 aromatic heterocycles. The highest BCUT2D eigenvalue weighted by atomic mass is 14.9. The van der Waals surface area contributed by atoms with Gasteiger partial charge in [-0.1, -0.05) is 18.7 Å². The molecule has 0 aliphatic carbocycles. The molecule has 0 unspecified atom stereocenters. The lowest BCUT2D eigenvalue weighted by atomic mass is 10.3. The molecule has 1 N–H and O–H groups in total. The van der Waals surface area contributed by atoms with Gasteiger partial charge in [-0.15, -0.1) is 0 Å². The van der Waals surface area contributed by atoms with Gasteiger partial charge in [0.15, 0.2) is 0 Å². The van der Waals surface area contributed by atoms with E-state index in [1.54, 1.807) is 0 Å². The Labute approximate surface area is 50.1 Å². The van der Waals surface area contributed by atoms with Gasteiger partial charge >= 0.3 is 0 Å². The zero-order valence-corrected chi connectivity index (χ0v) is 4.98. The molecule has 1 nitrogen and oxygen atoms in total. The monoisotopic (exact) mass is 109 g/mol.